The Balaban J connectivity index is 2.05. The molecular weight excluding hydrogens is 369 g/mol. The lowest BCUT2D eigenvalue weighted by Crippen LogP contribution is -2.39. The largest absolute Gasteiger partial charge is 0.494 e. The van der Waals surface area contributed by atoms with Crippen LogP contribution in [0.2, 0.25) is 5.02 Å². The van der Waals surface area contributed by atoms with E-state index in [1.54, 1.807) is 36.4 Å². The lowest BCUT2D eigenvalue weighted by Gasteiger charge is -2.19. The summed E-state index contributed by atoms with van der Waals surface area (Å²) in [5.74, 6) is 0.329. The van der Waals surface area contributed by atoms with Crippen LogP contribution in [0.25, 0.3) is 0 Å². The molecule has 2 atom stereocenters. The molecule has 2 unspecified atom stereocenters. The highest BCUT2D eigenvalue weighted by molar-refractivity contribution is 6.30. The average Bonchev–Trinajstić information content (AvgIpc) is 2.66. The Morgan fingerprint density at radius 1 is 1.22 bits per heavy atom. The SMILES string of the molecule is CCNC(=NCC(O)c1ccc(Cl)cc1)NC(C)c1ccc(OC)c(F)c1. The van der Waals surface area contributed by atoms with E-state index in [4.69, 9.17) is 16.3 Å². The fourth-order valence-corrected chi connectivity index (χ4v) is 2.65. The molecule has 0 amide bonds. The van der Waals surface area contributed by atoms with Crippen molar-refractivity contribution < 1.29 is 14.2 Å². The Labute approximate surface area is 164 Å². The molecule has 2 aromatic carbocycles. The van der Waals surface area contributed by atoms with Gasteiger partial charge in [0.2, 0.25) is 0 Å². The summed E-state index contributed by atoms with van der Waals surface area (Å²) < 4.78 is 18.9. The van der Waals surface area contributed by atoms with E-state index in [0.717, 1.165) is 11.1 Å². The molecule has 0 saturated heterocycles. The number of rotatable bonds is 7. The third-order valence-corrected chi connectivity index (χ3v) is 4.30. The minimum Gasteiger partial charge on any atom is -0.494 e. The average molecular weight is 394 g/mol. The van der Waals surface area contributed by atoms with Crippen LogP contribution in [-0.4, -0.2) is 31.3 Å². The zero-order chi connectivity index (χ0) is 19.8. The van der Waals surface area contributed by atoms with E-state index in [-0.39, 0.29) is 18.3 Å². The minimum absolute atomic E-state index is 0.181. The maximum absolute atomic E-state index is 13.9. The van der Waals surface area contributed by atoms with Crippen molar-refractivity contribution in [1.82, 2.24) is 10.6 Å². The summed E-state index contributed by atoms with van der Waals surface area (Å²) >= 11 is 5.87. The Bertz CT molecular complexity index is 768. The number of guanidine groups is 1. The molecule has 0 aromatic heterocycles. The molecule has 0 heterocycles. The maximum Gasteiger partial charge on any atom is 0.191 e. The maximum atomic E-state index is 13.9. The summed E-state index contributed by atoms with van der Waals surface area (Å²) in [7, 11) is 1.43. The van der Waals surface area contributed by atoms with E-state index in [2.05, 4.69) is 15.6 Å². The fraction of sp³-hybridized carbons (Fsp3) is 0.350. The number of ether oxygens (including phenoxy) is 1. The van der Waals surface area contributed by atoms with Crippen LogP contribution < -0.4 is 15.4 Å². The van der Waals surface area contributed by atoms with Gasteiger partial charge in [-0.3, -0.25) is 4.99 Å². The molecular formula is C20H25ClFN3O2. The quantitative estimate of drug-likeness (QED) is 0.494. The van der Waals surface area contributed by atoms with Crippen LogP contribution in [0, 0.1) is 5.82 Å². The van der Waals surface area contributed by atoms with Crippen molar-refractivity contribution in [2.75, 3.05) is 20.2 Å². The van der Waals surface area contributed by atoms with Gasteiger partial charge in [0.15, 0.2) is 17.5 Å². The molecule has 0 radical (unpaired) electrons. The first-order chi connectivity index (χ1) is 12.9. The molecule has 0 fully saturated rings. The monoisotopic (exact) mass is 393 g/mol. The summed E-state index contributed by atoms with van der Waals surface area (Å²) in [5, 5.41) is 17.3. The second-order valence-electron chi connectivity index (χ2n) is 6.05. The molecule has 7 heteroatoms. The molecule has 27 heavy (non-hydrogen) atoms. The summed E-state index contributed by atoms with van der Waals surface area (Å²) in [5.41, 5.74) is 1.50. The number of nitrogens with one attached hydrogen (secondary N) is 2. The van der Waals surface area contributed by atoms with Gasteiger partial charge in [-0.25, -0.2) is 4.39 Å². The smallest absolute Gasteiger partial charge is 0.191 e. The van der Waals surface area contributed by atoms with Crippen molar-refractivity contribution in [2.45, 2.75) is 26.0 Å². The number of nitrogens with zero attached hydrogens (tertiary/aromatic N) is 1. The van der Waals surface area contributed by atoms with Gasteiger partial charge in [0, 0.05) is 11.6 Å². The third kappa shape index (κ3) is 6.12. The van der Waals surface area contributed by atoms with Crippen molar-refractivity contribution in [2.24, 2.45) is 4.99 Å². The predicted molar refractivity (Wildman–Crippen MR) is 107 cm³/mol. The summed E-state index contributed by atoms with van der Waals surface area (Å²) in [6.07, 6.45) is -0.744. The lowest BCUT2D eigenvalue weighted by atomic mass is 10.1. The third-order valence-electron chi connectivity index (χ3n) is 4.05. The first-order valence-electron chi connectivity index (χ1n) is 8.76. The number of aliphatic imine (C=N–C) groups is 1. The van der Waals surface area contributed by atoms with Gasteiger partial charge in [-0.1, -0.05) is 29.8 Å². The lowest BCUT2D eigenvalue weighted by molar-refractivity contribution is 0.187. The van der Waals surface area contributed by atoms with Gasteiger partial charge in [0.1, 0.15) is 0 Å². The number of hydrogen-bond donors (Lipinski definition) is 3. The first-order valence-corrected chi connectivity index (χ1v) is 9.14. The molecule has 0 aliphatic heterocycles. The summed E-state index contributed by atoms with van der Waals surface area (Å²) in [6, 6.07) is 11.6. The van der Waals surface area contributed by atoms with Gasteiger partial charge in [-0.2, -0.15) is 0 Å². The van der Waals surface area contributed by atoms with Gasteiger partial charge >= 0.3 is 0 Å². The summed E-state index contributed by atoms with van der Waals surface area (Å²) in [4.78, 5) is 4.43. The number of benzene rings is 2. The highest BCUT2D eigenvalue weighted by Crippen LogP contribution is 2.22. The molecule has 0 bridgehead atoms. The number of aliphatic hydroxyl groups excluding tert-OH is 1. The van der Waals surface area contributed by atoms with Gasteiger partial charge < -0.3 is 20.5 Å². The standard InChI is InChI=1S/C20H25ClFN3O2/c1-4-23-20(24-12-18(26)14-5-8-16(21)9-6-14)25-13(2)15-7-10-19(27-3)17(22)11-15/h5-11,13,18,26H,4,12H2,1-3H3,(H2,23,24,25). The van der Waals surface area contributed by atoms with Gasteiger partial charge in [-0.05, 0) is 49.2 Å². The van der Waals surface area contributed by atoms with E-state index in [9.17, 15) is 9.50 Å². The van der Waals surface area contributed by atoms with Crippen molar-refractivity contribution in [3.8, 4) is 5.75 Å². The molecule has 2 rings (SSSR count). The van der Waals surface area contributed by atoms with E-state index in [0.29, 0.717) is 17.5 Å². The molecule has 0 spiro atoms. The van der Waals surface area contributed by atoms with Crippen LogP contribution >= 0.6 is 11.6 Å². The Morgan fingerprint density at radius 2 is 1.89 bits per heavy atom. The topological polar surface area (TPSA) is 65.9 Å². The Hall–Kier alpha value is -2.31. The molecule has 0 aliphatic carbocycles. The van der Waals surface area contributed by atoms with Crippen molar-refractivity contribution in [1.29, 1.82) is 0 Å². The Kier molecular flexibility index (Phi) is 7.88. The molecule has 3 N–H and O–H groups in total. The van der Waals surface area contributed by atoms with Crippen LogP contribution in [0.15, 0.2) is 47.5 Å². The number of halogens is 2. The van der Waals surface area contributed by atoms with E-state index in [1.807, 2.05) is 13.8 Å². The number of aliphatic hydroxyl groups is 1. The highest BCUT2D eigenvalue weighted by atomic mass is 35.5. The fourth-order valence-electron chi connectivity index (χ4n) is 2.53. The van der Waals surface area contributed by atoms with Crippen molar-refractivity contribution in [3.63, 3.8) is 0 Å². The molecule has 5 nitrogen and oxygen atoms in total. The number of methoxy groups -OCH3 is 1. The van der Waals surface area contributed by atoms with E-state index < -0.39 is 11.9 Å². The van der Waals surface area contributed by atoms with Crippen LogP contribution in [0.1, 0.15) is 37.1 Å². The summed E-state index contributed by atoms with van der Waals surface area (Å²) in [6.45, 7) is 4.70. The van der Waals surface area contributed by atoms with Crippen LogP contribution in [0.5, 0.6) is 5.75 Å². The molecule has 146 valence electrons. The normalized spacial score (nSPS) is 13.8. The van der Waals surface area contributed by atoms with Gasteiger partial charge in [-0.15, -0.1) is 0 Å². The van der Waals surface area contributed by atoms with Crippen LogP contribution in [0.3, 0.4) is 0 Å². The van der Waals surface area contributed by atoms with E-state index in [1.165, 1.54) is 13.2 Å². The zero-order valence-electron chi connectivity index (χ0n) is 15.7. The second kappa shape index (κ2) is 10.1. The predicted octanol–water partition coefficient (Wildman–Crippen LogP) is 3.84. The molecule has 2 aromatic rings. The van der Waals surface area contributed by atoms with Crippen LogP contribution in [0.4, 0.5) is 4.39 Å². The second-order valence-corrected chi connectivity index (χ2v) is 6.48. The molecule has 0 saturated carbocycles. The highest BCUT2D eigenvalue weighted by Gasteiger charge is 2.12. The minimum atomic E-state index is -0.744. The molecule has 0 aliphatic rings. The number of hydrogen-bond acceptors (Lipinski definition) is 3. The van der Waals surface area contributed by atoms with E-state index >= 15 is 0 Å². The van der Waals surface area contributed by atoms with Crippen molar-refractivity contribution in [3.05, 3.63) is 64.4 Å². The van der Waals surface area contributed by atoms with Crippen LogP contribution in [-0.2, 0) is 0 Å². The van der Waals surface area contributed by atoms with Gasteiger partial charge in [0.25, 0.3) is 0 Å². The first kappa shape index (κ1) is 21.0. The zero-order valence-corrected chi connectivity index (χ0v) is 16.4. The Morgan fingerprint density at radius 3 is 2.48 bits per heavy atom. The van der Waals surface area contributed by atoms with Crippen molar-refractivity contribution >= 4 is 17.6 Å². The van der Waals surface area contributed by atoms with Gasteiger partial charge in [0.05, 0.1) is 25.8 Å².